The number of hydrogen-bond acceptors (Lipinski definition) is 3. The molecule has 2 heterocycles. The maximum atomic E-state index is 12.5. The van der Waals surface area contributed by atoms with Gasteiger partial charge in [0.2, 0.25) is 0 Å². The van der Waals surface area contributed by atoms with Gasteiger partial charge in [-0.3, -0.25) is 9.69 Å². The number of nitrogens with zero attached hydrogens (tertiary/aromatic N) is 1. The van der Waals surface area contributed by atoms with Gasteiger partial charge >= 0.3 is 0 Å². The van der Waals surface area contributed by atoms with Crippen molar-refractivity contribution in [1.82, 2.24) is 10.2 Å². The molecular weight excluding hydrogens is 443 g/mol. The van der Waals surface area contributed by atoms with Crippen LogP contribution in [0.25, 0.3) is 0 Å². The van der Waals surface area contributed by atoms with Crippen molar-refractivity contribution in [2.75, 3.05) is 19.6 Å². The summed E-state index contributed by atoms with van der Waals surface area (Å²) in [5.74, 6) is -0.0354. The van der Waals surface area contributed by atoms with Crippen molar-refractivity contribution in [3.05, 3.63) is 54.7 Å². The van der Waals surface area contributed by atoms with Crippen molar-refractivity contribution >= 4 is 51.4 Å². The fourth-order valence-electron chi connectivity index (χ4n) is 2.90. The molecule has 0 saturated carbocycles. The van der Waals surface area contributed by atoms with Crippen LogP contribution in [0.1, 0.15) is 34.1 Å². The summed E-state index contributed by atoms with van der Waals surface area (Å²) < 4.78 is 0.876. The number of nitrogens with one attached hydrogen (secondary N) is 1. The molecule has 23 heavy (non-hydrogen) atoms. The highest BCUT2D eigenvalue weighted by Crippen LogP contribution is 2.28. The van der Waals surface area contributed by atoms with Gasteiger partial charge in [0.1, 0.15) is 0 Å². The topological polar surface area (TPSA) is 32.3 Å². The zero-order chi connectivity index (χ0) is 16.2. The van der Waals surface area contributed by atoms with E-state index in [9.17, 15) is 4.79 Å². The lowest BCUT2D eigenvalue weighted by Crippen LogP contribution is -2.36. The van der Waals surface area contributed by atoms with Gasteiger partial charge in [0.05, 0.1) is 11.6 Å². The first kappa shape index (κ1) is 17.2. The van der Waals surface area contributed by atoms with Crippen LogP contribution in [0.5, 0.6) is 0 Å². The van der Waals surface area contributed by atoms with Crippen LogP contribution >= 0.6 is 45.5 Å². The smallest absolute Gasteiger partial charge is 0.252 e. The molecule has 0 bridgehead atoms. The minimum absolute atomic E-state index is 0.0354. The van der Waals surface area contributed by atoms with Gasteiger partial charge in [0, 0.05) is 20.0 Å². The molecule has 2 aromatic rings. The predicted molar refractivity (Wildman–Crippen MR) is 104 cm³/mol. The minimum atomic E-state index is -0.0354. The van der Waals surface area contributed by atoms with Gasteiger partial charge in [-0.05, 0) is 78.2 Å². The molecule has 6 heteroatoms. The highest BCUT2D eigenvalue weighted by Gasteiger charge is 2.25. The Morgan fingerprint density at radius 3 is 2.78 bits per heavy atom. The molecule has 1 aromatic carbocycles. The second-order valence-electron chi connectivity index (χ2n) is 5.61. The Balaban J connectivity index is 1.69. The van der Waals surface area contributed by atoms with Crippen LogP contribution < -0.4 is 5.32 Å². The number of likely N-dealkylation sites (tertiary alicyclic amines) is 1. The second kappa shape index (κ2) is 7.96. The number of halogens is 2. The molecule has 1 amide bonds. The van der Waals surface area contributed by atoms with E-state index in [1.165, 1.54) is 17.7 Å². The Morgan fingerprint density at radius 2 is 2.13 bits per heavy atom. The zero-order valence-corrected chi connectivity index (χ0v) is 16.3. The lowest BCUT2D eigenvalue weighted by Gasteiger charge is -2.27. The highest BCUT2D eigenvalue weighted by molar-refractivity contribution is 14.1. The molecule has 3 rings (SSSR count). The largest absolute Gasteiger partial charge is 0.350 e. The predicted octanol–water partition coefficient (Wildman–Crippen LogP) is 4.57. The average Bonchev–Trinajstić information content (AvgIpc) is 3.21. The SMILES string of the molecule is O=C(NCC(c1cccs1)N1CCCC1)c1ccc(Cl)cc1I. The molecule has 122 valence electrons. The molecule has 0 spiro atoms. The molecule has 1 unspecified atom stereocenters. The summed E-state index contributed by atoms with van der Waals surface area (Å²) in [5.41, 5.74) is 0.682. The zero-order valence-electron chi connectivity index (χ0n) is 12.6. The minimum Gasteiger partial charge on any atom is -0.350 e. The molecule has 1 saturated heterocycles. The Hall–Kier alpha value is -0.630. The van der Waals surface area contributed by atoms with Crippen LogP contribution in [-0.2, 0) is 0 Å². The molecule has 0 aliphatic carbocycles. The van der Waals surface area contributed by atoms with Gasteiger partial charge in [-0.25, -0.2) is 0 Å². The molecule has 1 aromatic heterocycles. The summed E-state index contributed by atoms with van der Waals surface area (Å²) in [5, 5.41) is 5.85. The molecule has 0 radical (unpaired) electrons. The van der Waals surface area contributed by atoms with Crippen molar-refractivity contribution < 1.29 is 4.79 Å². The van der Waals surface area contributed by atoms with Gasteiger partial charge in [-0.2, -0.15) is 0 Å². The van der Waals surface area contributed by atoms with Gasteiger partial charge in [0.15, 0.2) is 0 Å². The lowest BCUT2D eigenvalue weighted by molar-refractivity contribution is 0.0937. The standard InChI is InChI=1S/C17H18ClIN2OS/c18-12-5-6-13(14(19)10-12)17(22)20-11-15(16-4-3-9-23-16)21-7-1-2-8-21/h3-6,9-10,15H,1-2,7-8,11H2,(H,20,22). The number of amides is 1. The van der Waals surface area contributed by atoms with Crippen LogP contribution in [0.2, 0.25) is 5.02 Å². The number of carbonyl (C=O) groups excluding carboxylic acids is 1. The van der Waals surface area contributed by atoms with Gasteiger partial charge in [-0.15, -0.1) is 11.3 Å². The molecule has 3 nitrogen and oxygen atoms in total. The third-order valence-corrected chi connectivity index (χ3v) is 6.19. The first-order chi connectivity index (χ1) is 11.1. The van der Waals surface area contributed by atoms with E-state index in [-0.39, 0.29) is 11.9 Å². The van der Waals surface area contributed by atoms with Crippen molar-refractivity contribution in [2.45, 2.75) is 18.9 Å². The Morgan fingerprint density at radius 1 is 1.35 bits per heavy atom. The van der Waals surface area contributed by atoms with E-state index >= 15 is 0 Å². The molecule has 1 aliphatic rings. The molecule has 1 N–H and O–H groups in total. The molecule has 1 atom stereocenters. The van der Waals surface area contributed by atoms with Crippen LogP contribution in [0, 0.1) is 3.57 Å². The van der Waals surface area contributed by atoms with Gasteiger partial charge in [0.25, 0.3) is 5.91 Å². The Labute approximate surface area is 159 Å². The fourth-order valence-corrected chi connectivity index (χ4v) is 4.88. The number of thiophene rings is 1. The number of hydrogen-bond donors (Lipinski definition) is 1. The van der Waals surface area contributed by atoms with E-state index in [1.807, 2.05) is 6.07 Å². The second-order valence-corrected chi connectivity index (χ2v) is 8.19. The van der Waals surface area contributed by atoms with Crippen molar-refractivity contribution in [1.29, 1.82) is 0 Å². The third-order valence-electron chi connectivity index (χ3n) is 4.08. The van der Waals surface area contributed by atoms with E-state index in [4.69, 9.17) is 11.6 Å². The quantitative estimate of drug-likeness (QED) is 0.663. The Kier molecular flexibility index (Phi) is 5.96. The van der Waals surface area contributed by atoms with Crippen molar-refractivity contribution in [2.24, 2.45) is 0 Å². The molecule has 1 aliphatic heterocycles. The number of carbonyl (C=O) groups is 1. The van der Waals surface area contributed by atoms with Crippen LogP contribution in [0.15, 0.2) is 35.7 Å². The van der Waals surface area contributed by atoms with E-state index in [0.29, 0.717) is 17.1 Å². The van der Waals surface area contributed by atoms with E-state index in [2.05, 4.69) is 50.3 Å². The monoisotopic (exact) mass is 460 g/mol. The summed E-state index contributed by atoms with van der Waals surface area (Å²) >= 11 is 9.87. The Bertz CT molecular complexity index is 671. The molecular formula is C17H18ClIN2OS. The number of benzene rings is 1. The van der Waals surface area contributed by atoms with Crippen molar-refractivity contribution in [3.63, 3.8) is 0 Å². The summed E-state index contributed by atoms with van der Waals surface area (Å²) in [6.45, 7) is 2.85. The lowest BCUT2D eigenvalue weighted by atomic mass is 10.2. The van der Waals surface area contributed by atoms with E-state index in [0.717, 1.165) is 16.7 Å². The normalized spacial score (nSPS) is 16.4. The first-order valence-corrected chi connectivity index (χ1v) is 9.99. The van der Waals surface area contributed by atoms with E-state index < -0.39 is 0 Å². The third kappa shape index (κ3) is 4.26. The summed E-state index contributed by atoms with van der Waals surface area (Å²) in [7, 11) is 0. The number of rotatable bonds is 5. The van der Waals surface area contributed by atoms with Gasteiger partial charge in [-0.1, -0.05) is 17.7 Å². The summed E-state index contributed by atoms with van der Waals surface area (Å²) in [4.78, 5) is 16.3. The maximum Gasteiger partial charge on any atom is 0.252 e. The summed E-state index contributed by atoms with van der Waals surface area (Å²) in [6, 6.07) is 9.87. The summed E-state index contributed by atoms with van der Waals surface area (Å²) in [6.07, 6.45) is 2.48. The average molecular weight is 461 g/mol. The first-order valence-electron chi connectivity index (χ1n) is 7.66. The van der Waals surface area contributed by atoms with Gasteiger partial charge < -0.3 is 5.32 Å². The van der Waals surface area contributed by atoms with E-state index in [1.54, 1.807) is 23.5 Å². The molecule has 1 fully saturated rings. The van der Waals surface area contributed by atoms with Crippen LogP contribution in [-0.4, -0.2) is 30.4 Å². The highest BCUT2D eigenvalue weighted by atomic mass is 127. The fraction of sp³-hybridized carbons (Fsp3) is 0.353. The maximum absolute atomic E-state index is 12.5. The van der Waals surface area contributed by atoms with Crippen LogP contribution in [0.3, 0.4) is 0 Å². The van der Waals surface area contributed by atoms with Crippen molar-refractivity contribution in [3.8, 4) is 0 Å². The van der Waals surface area contributed by atoms with Crippen LogP contribution in [0.4, 0.5) is 0 Å².